The molecule has 3 N–H and O–H groups in total. The van der Waals surface area contributed by atoms with E-state index in [1.807, 2.05) is 45.3 Å². The summed E-state index contributed by atoms with van der Waals surface area (Å²) in [7, 11) is 4.00. The number of nitrogens with one attached hydrogen (secondary N) is 1. The van der Waals surface area contributed by atoms with Crippen LogP contribution in [0, 0.1) is 0 Å². The molecule has 4 aromatic rings. The van der Waals surface area contributed by atoms with E-state index < -0.39 is 23.7 Å². The number of alkyl halides is 3. The molecule has 10 heteroatoms. The molecular weight excluding hydrogens is 507 g/mol. The Kier molecular flexibility index (Phi) is 7.87. The molecule has 0 radical (unpaired) electrons. The molecule has 0 aliphatic carbocycles. The lowest BCUT2D eigenvalue weighted by molar-refractivity contribution is -0.137. The van der Waals surface area contributed by atoms with Crippen molar-refractivity contribution in [1.29, 1.82) is 0 Å². The van der Waals surface area contributed by atoms with E-state index in [4.69, 9.17) is 5.73 Å². The number of hydrogen-bond donors (Lipinski definition) is 2. The number of benzene rings is 3. The van der Waals surface area contributed by atoms with E-state index in [0.717, 1.165) is 41.4 Å². The van der Waals surface area contributed by atoms with Crippen LogP contribution in [0.2, 0.25) is 0 Å². The van der Waals surface area contributed by atoms with Crippen LogP contribution in [-0.4, -0.2) is 34.7 Å². The Balaban J connectivity index is 1.50. The van der Waals surface area contributed by atoms with Crippen LogP contribution in [0.3, 0.4) is 0 Å². The maximum atomic E-state index is 12.9. The number of anilines is 2. The summed E-state index contributed by atoms with van der Waals surface area (Å²) in [5.74, 6) is -0.532. The van der Waals surface area contributed by atoms with Gasteiger partial charge in [-0.05, 0) is 68.5 Å². The van der Waals surface area contributed by atoms with Crippen molar-refractivity contribution in [3.63, 3.8) is 0 Å². The second-order valence-corrected chi connectivity index (χ2v) is 9.49. The zero-order valence-electron chi connectivity index (χ0n) is 21.7. The number of nitrogens with two attached hydrogens (primary N) is 1. The third-order valence-electron chi connectivity index (χ3n) is 6.22. The standard InChI is InChI=1S/C29H28F3N5O2/c1-18(37-27(38)15-14-25(35-37)21-6-4-19(5-7-21)17-36(2)3)20-8-10-22(11-9-20)28(39)34-26-13-12-23(16-24(26)33)29(30,31)32/h4-16,18H,17,33H2,1-3H3,(H,34,39)/t18-/m0/s1. The molecule has 0 bridgehead atoms. The maximum absolute atomic E-state index is 12.9. The van der Waals surface area contributed by atoms with Gasteiger partial charge in [0.25, 0.3) is 11.5 Å². The van der Waals surface area contributed by atoms with Gasteiger partial charge in [-0.1, -0.05) is 36.4 Å². The van der Waals surface area contributed by atoms with Gasteiger partial charge in [0, 0.05) is 23.7 Å². The smallest absolute Gasteiger partial charge is 0.397 e. The van der Waals surface area contributed by atoms with E-state index in [1.54, 1.807) is 30.3 Å². The molecule has 39 heavy (non-hydrogen) atoms. The first-order valence-electron chi connectivity index (χ1n) is 12.1. The number of hydrogen-bond acceptors (Lipinski definition) is 5. The number of amides is 1. The Bertz CT molecular complexity index is 1530. The number of carbonyl (C=O) groups is 1. The summed E-state index contributed by atoms with van der Waals surface area (Å²) in [4.78, 5) is 27.4. The van der Waals surface area contributed by atoms with Gasteiger partial charge in [0.2, 0.25) is 0 Å². The molecule has 1 atom stereocenters. The van der Waals surface area contributed by atoms with Crippen LogP contribution in [-0.2, 0) is 12.7 Å². The average molecular weight is 536 g/mol. The Labute approximate surface area is 223 Å². The Morgan fingerprint density at radius 2 is 1.67 bits per heavy atom. The lowest BCUT2D eigenvalue weighted by Gasteiger charge is -2.16. The molecule has 0 saturated carbocycles. The van der Waals surface area contributed by atoms with Crippen molar-refractivity contribution in [3.05, 3.63) is 111 Å². The highest BCUT2D eigenvalue weighted by Gasteiger charge is 2.31. The van der Waals surface area contributed by atoms with Gasteiger partial charge in [-0.25, -0.2) is 4.68 Å². The van der Waals surface area contributed by atoms with Crippen molar-refractivity contribution in [1.82, 2.24) is 14.7 Å². The van der Waals surface area contributed by atoms with Crippen LogP contribution in [0.4, 0.5) is 24.5 Å². The highest BCUT2D eigenvalue weighted by Crippen LogP contribution is 2.33. The van der Waals surface area contributed by atoms with Crippen molar-refractivity contribution >= 4 is 17.3 Å². The first kappa shape index (κ1) is 27.6. The first-order valence-corrected chi connectivity index (χ1v) is 12.1. The minimum Gasteiger partial charge on any atom is -0.397 e. The molecule has 1 heterocycles. The van der Waals surface area contributed by atoms with Crippen molar-refractivity contribution in [2.75, 3.05) is 25.1 Å². The fourth-order valence-electron chi connectivity index (χ4n) is 4.10. The summed E-state index contributed by atoms with van der Waals surface area (Å²) in [6.07, 6.45) is -4.53. The molecule has 1 amide bonds. The number of nitrogens with zero attached hydrogens (tertiary/aromatic N) is 3. The van der Waals surface area contributed by atoms with E-state index in [-0.39, 0.29) is 22.5 Å². The van der Waals surface area contributed by atoms with Gasteiger partial charge in [0.05, 0.1) is 28.7 Å². The van der Waals surface area contributed by atoms with Crippen molar-refractivity contribution in [2.24, 2.45) is 0 Å². The number of carbonyl (C=O) groups excluding carboxylic acids is 1. The molecule has 0 fully saturated rings. The van der Waals surface area contributed by atoms with Gasteiger partial charge >= 0.3 is 6.18 Å². The van der Waals surface area contributed by atoms with Crippen LogP contribution >= 0.6 is 0 Å². The molecule has 0 aliphatic heterocycles. The van der Waals surface area contributed by atoms with E-state index in [0.29, 0.717) is 5.69 Å². The van der Waals surface area contributed by atoms with Gasteiger partial charge < -0.3 is 16.0 Å². The zero-order valence-corrected chi connectivity index (χ0v) is 21.7. The molecule has 202 valence electrons. The summed E-state index contributed by atoms with van der Waals surface area (Å²) >= 11 is 0. The van der Waals surface area contributed by atoms with Crippen LogP contribution in [0.1, 0.15) is 40.0 Å². The molecule has 0 spiro atoms. The topological polar surface area (TPSA) is 93.2 Å². The van der Waals surface area contributed by atoms with Gasteiger partial charge in [-0.2, -0.15) is 18.3 Å². The van der Waals surface area contributed by atoms with Crippen LogP contribution < -0.4 is 16.6 Å². The molecule has 1 aromatic heterocycles. The van der Waals surface area contributed by atoms with E-state index >= 15 is 0 Å². The number of rotatable bonds is 7. The predicted molar refractivity (Wildman–Crippen MR) is 145 cm³/mol. The average Bonchev–Trinajstić information content (AvgIpc) is 2.89. The van der Waals surface area contributed by atoms with E-state index in [2.05, 4.69) is 15.3 Å². The van der Waals surface area contributed by atoms with Gasteiger partial charge in [0.15, 0.2) is 0 Å². The van der Waals surface area contributed by atoms with Crippen molar-refractivity contribution < 1.29 is 18.0 Å². The molecule has 3 aromatic carbocycles. The fourth-order valence-corrected chi connectivity index (χ4v) is 4.10. The monoisotopic (exact) mass is 535 g/mol. The molecule has 0 saturated heterocycles. The number of nitrogen functional groups attached to an aromatic ring is 1. The quantitative estimate of drug-likeness (QED) is 0.308. The van der Waals surface area contributed by atoms with Crippen LogP contribution in [0.15, 0.2) is 83.7 Å². The second kappa shape index (κ2) is 11.1. The second-order valence-electron chi connectivity index (χ2n) is 9.49. The van der Waals surface area contributed by atoms with E-state index in [1.165, 1.54) is 10.7 Å². The molecule has 0 aliphatic rings. The summed E-state index contributed by atoms with van der Waals surface area (Å²) in [5, 5.41) is 7.11. The summed E-state index contributed by atoms with van der Waals surface area (Å²) in [6, 6.07) is 20.0. The first-order chi connectivity index (χ1) is 18.4. The molecule has 7 nitrogen and oxygen atoms in total. The highest BCUT2D eigenvalue weighted by molar-refractivity contribution is 6.05. The number of aromatic nitrogens is 2. The minimum absolute atomic E-state index is 0.0766. The zero-order chi connectivity index (χ0) is 28.3. The fraction of sp³-hybridized carbons (Fsp3) is 0.207. The molecule has 4 rings (SSSR count). The third-order valence-corrected chi connectivity index (χ3v) is 6.22. The highest BCUT2D eigenvalue weighted by atomic mass is 19.4. The Morgan fingerprint density at radius 3 is 2.26 bits per heavy atom. The minimum atomic E-state index is -4.53. The Morgan fingerprint density at radius 1 is 1.00 bits per heavy atom. The van der Waals surface area contributed by atoms with Gasteiger partial charge in [-0.3, -0.25) is 9.59 Å². The van der Waals surface area contributed by atoms with Gasteiger partial charge in [0.1, 0.15) is 0 Å². The number of halogens is 3. The SMILES string of the molecule is C[C@@H](c1ccc(C(=O)Nc2ccc(C(F)(F)F)cc2N)cc1)n1nc(-c2ccc(CN(C)C)cc2)ccc1=O. The summed E-state index contributed by atoms with van der Waals surface area (Å²) in [6.45, 7) is 2.65. The van der Waals surface area contributed by atoms with Crippen LogP contribution in [0.5, 0.6) is 0 Å². The van der Waals surface area contributed by atoms with Crippen LogP contribution in [0.25, 0.3) is 11.3 Å². The van der Waals surface area contributed by atoms with E-state index in [9.17, 15) is 22.8 Å². The summed E-state index contributed by atoms with van der Waals surface area (Å²) < 4.78 is 40.0. The largest absolute Gasteiger partial charge is 0.416 e. The maximum Gasteiger partial charge on any atom is 0.416 e. The Hall–Kier alpha value is -4.44. The lowest BCUT2D eigenvalue weighted by atomic mass is 10.1. The van der Waals surface area contributed by atoms with Crippen molar-refractivity contribution in [2.45, 2.75) is 25.7 Å². The third kappa shape index (κ3) is 6.53. The molecular formula is C29H28F3N5O2. The normalized spacial score (nSPS) is 12.4. The molecule has 0 unspecified atom stereocenters. The predicted octanol–water partition coefficient (Wildman–Crippen LogP) is 5.43. The lowest BCUT2D eigenvalue weighted by Crippen LogP contribution is -2.26. The van der Waals surface area contributed by atoms with Gasteiger partial charge in [-0.15, -0.1) is 0 Å². The summed E-state index contributed by atoms with van der Waals surface area (Å²) in [5.41, 5.74) is 8.15. The van der Waals surface area contributed by atoms with Crippen molar-refractivity contribution in [3.8, 4) is 11.3 Å².